The molecule has 0 aromatic carbocycles. The Kier molecular flexibility index (Phi) is 3.76. The number of hydrogen-bond donors (Lipinski definition) is 0. The first kappa shape index (κ1) is 14.5. The standard InChI is InChI=1S/C16H29N3/c1-12(2)14-10-19(18-17-14)15(4,5)11-16(6)8-7-13(3)9-16/h10,12-13H,7-9,11H2,1-6H3. The van der Waals surface area contributed by atoms with Crippen LogP contribution in [0.4, 0.5) is 0 Å². The van der Waals surface area contributed by atoms with Crippen molar-refractivity contribution in [3.05, 3.63) is 11.9 Å². The van der Waals surface area contributed by atoms with Gasteiger partial charge in [0.25, 0.3) is 0 Å². The van der Waals surface area contributed by atoms with Crippen molar-refractivity contribution in [2.45, 2.75) is 78.7 Å². The number of aromatic nitrogens is 3. The molecule has 1 heterocycles. The molecule has 1 aromatic rings. The summed E-state index contributed by atoms with van der Waals surface area (Å²) in [6.07, 6.45) is 7.39. The second-order valence-electron chi connectivity index (χ2n) is 7.89. The summed E-state index contributed by atoms with van der Waals surface area (Å²) < 4.78 is 2.08. The topological polar surface area (TPSA) is 30.7 Å². The van der Waals surface area contributed by atoms with Gasteiger partial charge in [-0.25, -0.2) is 4.68 Å². The van der Waals surface area contributed by atoms with E-state index in [1.165, 1.54) is 25.7 Å². The third-order valence-electron chi connectivity index (χ3n) is 4.66. The van der Waals surface area contributed by atoms with Gasteiger partial charge >= 0.3 is 0 Å². The molecule has 0 bridgehead atoms. The van der Waals surface area contributed by atoms with E-state index in [1.807, 2.05) is 0 Å². The van der Waals surface area contributed by atoms with Crippen molar-refractivity contribution in [3.63, 3.8) is 0 Å². The molecule has 0 saturated heterocycles. The summed E-state index contributed by atoms with van der Waals surface area (Å²) in [7, 11) is 0. The van der Waals surface area contributed by atoms with Crippen LogP contribution in [0.3, 0.4) is 0 Å². The van der Waals surface area contributed by atoms with Gasteiger partial charge in [-0.05, 0) is 50.4 Å². The highest BCUT2D eigenvalue weighted by molar-refractivity contribution is 5.01. The quantitative estimate of drug-likeness (QED) is 0.808. The third-order valence-corrected chi connectivity index (χ3v) is 4.66. The first-order valence-corrected chi connectivity index (χ1v) is 7.65. The van der Waals surface area contributed by atoms with Crippen LogP contribution in [-0.2, 0) is 5.54 Å². The Morgan fingerprint density at radius 3 is 2.63 bits per heavy atom. The average Bonchev–Trinajstić information content (AvgIpc) is 2.85. The monoisotopic (exact) mass is 263 g/mol. The molecule has 0 N–H and O–H groups in total. The average molecular weight is 263 g/mol. The maximum absolute atomic E-state index is 4.37. The molecular weight excluding hydrogens is 234 g/mol. The molecule has 0 spiro atoms. The minimum atomic E-state index is 0.0545. The molecule has 1 aromatic heterocycles. The van der Waals surface area contributed by atoms with Crippen LogP contribution in [0.1, 0.15) is 78.8 Å². The van der Waals surface area contributed by atoms with Gasteiger partial charge in [-0.3, -0.25) is 0 Å². The molecule has 0 amide bonds. The van der Waals surface area contributed by atoms with Crippen molar-refractivity contribution < 1.29 is 0 Å². The van der Waals surface area contributed by atoms with Crippen LogP contribution >= 0.6 is 0 Å². The lowest BCUT2D eigenvalue weighted by Crippen LogP contribution is -2.33. The molecule has 2 unspecified atom stereocenters. The fourth-order valence-corrected chi connectivity index (χ4v) is 3.76. The maximum atomic E-state index is 4.37. The minimum absolute atomic E-state index is 0.0545. The maximum Gasteiger partial charge on any atom is 0.0852 e. The van der Waals surface area contributed by atoms with Gasteiger partial charge in [0, 0.05) is 6.20 Å². The van der Waals surface area contributed by atoms with Crippen molar-refractivity contribution in [1.29, 1.82) is 0 Å². The van der Waals surface area contributed by atoms with Crippen LogP contribution in [0.2, 0.25) is 0 Å². The van der Waals surface area contributed by atoms with Gasteiger partial charge < -0.3 is 0 Å². The smallest absolute Gasteiger partial charge is 0.0852 e. The molecule has 0 aliphatic heterocycles. The molecule has 3 heteroatoms. The second-order valence-corrected chi connectivity index (χ2v) is 7.89. The highest BCUT2D eigenvalue weighted by Gasteiger charge is 2.39. The van der Waals surface area contributed by atoms with Crippen molar-refractivity contribution in [2.24, 2.45) is 11.3 Å². The van der Waals surface area contributed by atoms with Gasteiger partial charge in [0.1, 0.15) is 0 Å². The Morgan fingerprint density at radius 1 is 1.47 bits per heavy atom. The summed E-state index contributed by atoms with van der Waals surface area (Å²) in [4.78, 5) is 0. The fraction of sp³-hybridized carbons (Fsp3) is 0.875. The molecule has 2 atom stereocenters. The first-order valence-electron chi connectivity index (χ1n) is 7.65. The van der Waals surface area contributed by atoms with Crippen LogP contribution in [0.15, 0.2) is 6.20 Å². The lowest BCUT2D eigenvalue weighted by molar-refractivity contribution is 0.165. The van der Waals surface area contributed by atoms with Crippen LogP contribution in [0.25, 0.3) is 0 Å². The molecule has 1 saturated carbocycles. The Bertz CT molecular complexity index is 433. The molecule has 108 valence electrons. The minimum Gasteiger partial charge on any atom is -0.247 e. The summed E-state index contributed by atoms with van der Waals surface area (Å²) in [6, 6.07) is 0. The zero-order valence-electron chi connectivity index (χ0n) is 13.4. The molecule has 1 fully saturated rings. The van der Waals surface area contributed by atoms with Gasteiger partial charge in [0.2, 0.25) is 0 Å². The van der Waals surface area contributed by atoms with Gasteiger partial charge in [0.15, 0.2) is 0 Å². The molecule has 2 rings (SSSR count). The lowest BCUT2D eigenvalue weighted by Gasteiger charge is -2.35. The van der Waals surface area contributed by atoms with E-state index < -0.39 is 0 Å². The van der Waals surface area contributed by atoms with Crippen molar-refractivity contribution in [3.8, 4) is 0 Å². The summed E-state index contributed by atoms with van der Waals surface area (Å²) in [5.41, 5.74) is 1.62. The lowest BCUT2D eigenvalue weighted by atomic mass is 9.77. The fourth-order valence-electron chi connectivity index (χ4n) is 3.76. The van der Waals surface area contributed by atoms with E-state index in [4.69, 9.17) is 0 Å². The highest BCUT2D eigenvalue weighted by atomic mass is 15.4. The van der Waals surface area contributed by atoms with E-state index >= 15 is 0 Å². The first-order chi connectivity index (χ1) is 8.72. The van der Waals surface area contributed by atoms with E-state index in [9.17, 15) is 0 Å². The van der Waals surface area contributed by atoms with Gasteiger partial charge in [-0.1, -0.05) is 39.3 Å². The second kappa shape index (κ2) is 4.92. The van der Waals surface area contributed by atoms with E-state index in [0.29, 0.717) is 11.3 Å². The number of nitrogens with zero attached hydrogens (tertiary/aromatic N) is 3. The van der Waals surface area contributed by atoms with Crippen LogP contribution in [-0.4, -0.2) is 15.0 Å². The summed E-state index contributed by atoms with van der Waals surface area (Å²) >= 11 is 0. The Balaban J connectivity index is 2.13. The number of rotatable bonds is 4. The Labute approximate surface area is 117 Å². The zero-order valence-corrected chi connectivity index (χ0v) is 13.4. The van der Waals surface area contributed by atoms with Gasteiger partial charge in [0.05, 0.1) is 11.2 Å². The number of hydrogen-bond acceptors (Lipinski definition) is 2. The largest absolute Gasteiger partial charge is 0.247 e. The Morgan fingerprint density at radius 2 is 2.16 bits per heavy atom. The van der Waals surface area contributed by atoms with Gasteiger partial charge in [-0.15, -0.1) is 5.10 Å². The van der Waals surface area contributed by atoms with E-state index in [2.05, 4.69) is 62.7 Å². The normalized spacial score (nSPS) is 28.3. The van der Waals surface area contributed by atoms with Crippen molar-refractivity contribution in [1.82, 2.24) is 15.0 Å². The predicted octanol–water partition coefficient (Wildman–Crippen LogP) is 4.35. The molecule has 3 nitrogen and oxygen atoms in total. The molecule has 19 heavy (non-hydrogen) atoms. The van der Waals surface area contributed by atoms with E-state index in [1.54, 1.807) is 0 Å². The SMILES string of the molecule is CC1CCC(C)(CC(C)(C)n2cc(C(C)C)nn2)C1. The van der Waals surface area contributed by atoms with Crippen LogP contribution in [0.5, 0.6) is 0 Å². The molecule has 0 radical (unpaired) electrons. The summed E-state index contributed by atoms with van der Waals surface area (Å²) in [5.74, 6) is 1.33. The molecular formula is C16H29N3. The predicted molar refractivity (Wildman–Crippen MR) is 79.2 cm³/mol. The summed E-state index contributed by atoms with van der Waals surface area (Å²) in [5, 5.41) is 8.68. The Hall–Kier alpha value is -0.860. The third kappa shape index (κ3) is 3.18. The molecule has 1 aliphatic rings. The van der Waals surface area contributed by atoms with Crippen molar-refractivity contribution >= 4 is 0 Å². The van der Waals surface area contributed by atoms with E-state index in [0.717, 1.165) is 11.6 Å². The van der Waals surface area contributed by atoms with Crippen LogP contribution < -0.4 is 0 Å². The summed E-state index contributed by atoms with van der Waals surface area (Å²) in [6.45, 7) is 13.7. The van der Waals surface area contributed by atoms with E-state index in [-0.39, 0.29) is 5.54 Å². The highest BCUT2D eigenvalue weighted by Crippen LogP contribution is 2.47. The van der Waals surface area contributed by atoms with Gasteiger partial charge in [-0.2, -0.15) is 0 Å². The van der Waals surface area contributed by atoms with Crippen molar-refractivity contribution in [2.75, 3.05) is 0 Å². The molecule has 1 aliphatic carbocycles. The zero-order chi connectivity index (χ0) is 14.3. The van der Waals surface area contributed by atoms with Crippen LogP contribution in [0, 0.1) is 11.3 Å².